The van der Waals surface area contributed by atoms with Crippen molar-refractivity contribution in [3.63, 3.8) is 0 Å². The van der Waals surface area contributed by atoms with Crippen molar-refractivity contribution in [2.24, 2.45) is 0 Å². The first kappa shape index (κ1) is 19.0. The number of sulfonamides is 1. The van der Waals surface area contributed by atoms with Crippen molar-refractivity contribution in [2.45, 2.75) is 24.2 Å². The van der Waals surface area contributed by atoms with Gasteiger partial charge >= 0.3 is 5.97 Å². The maximum absolute atomic E-state index is 13.0. The minimum atomic E-state index is -4.04. The Bertz CT molecular complexity index is 937. The predicted molar refractivity (Wildman–Crippen MR) is 103 cm³/mol. The van der Waals surface area contributed by atoms with Crippen LogP contribution in [0.5, 0.6) is 5.75 Å². The van der Waals surface area contributed by atoms with Crippen LogP contribution in [0.2, 0.25) is 0 Å². The fraction of sp³-hybridized carbons (Fsp3) is 0.316. The van der Waals surface area contributed by atoms with E-state index in [1.54, 1.807) is 12.1 Å². The van der Waals surface area contributed by atoms with Crippen LogP contribution < -0.4 is 14.4 Å². The van der Waals surface area contributed by atoms with Gasteiger partial charge in [0.15, 0.2) is 0 Å². The van der Waals surface area contributed by atoms with Gasteiger partial charge in [-0.2, -0.15) is 0 Å². The molecule has 27 heavy (non-hydrogen) atoms. The highest BCUT2D eigenvalue weighted by atomic mass is 32.2. The van der Waals surface area contributed by atoms with Crippen molar-refractivity contribution in [3.8, 4) is 5.75 Å². The second kappa shape index (κ2) is 7.87. The number of nitrogens with zero attached hydrogens (tertiary/aromatic N) is 1. The summed E-state index contributed by atoms with van der Waals surface area (Å²) in [6.07, 6.45) is 3.30. The van der Waals surface area contributed by atoms with Crippen LogP contribution in [0.1, 0.15) is 29.6 Å². The molecule has 0 saturated carbocycles. The first-order chi connectivity index (χ1) is 12.9. The quantitative estimate of drug-likeness (QED) is 0.786. The maximum Gasteiger partial charge on any atom is 0.335 e. The SMILES string of the molecule is COc1ccc(C(=O)O)cc1S(=O)(=O)Nc1ccccc1N1CCCCC1. The first-order valence-corrected chi connectivity index (χ1v) is 10.2. The van der Waals surface area contributed by atoms with Crippen LogP contribution in [-0.4, -0.2) is 39.7 Å². The summed E-state index contributed by atoms with van der Waals surface area (Å²) in [6.45, 7) is 1.74. The van der Waals surface area contributed by atoms with Gasteiger partial charge in [-0.1, -0.05) is 12.1 Å². The Balaban J connectivity index is 1.98. The molecule has 1 fully saturated rings. The van der Waals surface area contributed by atoms with Gasteiger partial charge in [0.25, 0.3) is 10.0 Å². The van der Waals surface area contributed by atoms with Crippen molar-refractivity contribution >= 4 is 27.4 Å². The van der Waals surface area contributed by atoms with Crippen LogP contribution in [0.3, 0.4) is 0 Å². The Morgan fingerprint density at radius 3 is 2.48 bits per heavy atom. The number of anilines is 2. The van der Waals surface area contributed by atoms with Gasteiger partial charge in [-0.05, 0) is 49.6 Å². The molecule has 0 aromatic heterocycles. The molecule has 0 unspecified atom stereocenters. The Hall–Kier alpha value is -2.74. The van der Waals surface area contributed by atoms with Crippen molar-refractivity contribution in [1.29, 1.82) is 0 Å². The van der Waals surface area contributed by atoms with Crippen LogP contribution in [0, 0.1) is 0 Å². The van der Waals surface area contributed by atoms with Gasteiger partial charge in [0.2, 0.25) is 0 Å². The predicted octanol–water partition coefficient (Wildman–Crippen LogP) is 3.18. The Kier molecular flexibility index (Phi) is 5.55. The zero-order valence-electron chi connectivity index (χ0n) is 15.0. The highest BCUT2D eigenvalue weighted by Gasteiger charge is 2.24. The largest absolute Gasteiger partial charge is 0.495 e. The number of piperidine rings is 1. The summed E-state index contributed by atoms with van der Waals surface area (Å²) in [5.74, 6) is -1.12. The van der Waals surface area contributed by atoms with Gasteiger partial charge in [0.05, 0.1) is 24.0 Å². The van der Waals surface area contributed by atoms with E-state index in [9.17, 15) is 18.3 Å². The number of carboxylic acids is 1. The van der Waals surface area contributed by atoms with Crippen LogP contribution >= 0.6 is 0 Å². The lowest BCUT2D eigenvalue weighted by molar-refractivity contribution is 0.0696. The third kappa shape index (κ3) is 4.16. The second-order valence-electron chi connectivity index (χ2n) is 6.34. The molecule has 7 nitrogen and oxygen atoms in total. The topological polar surface area (TPSA) is 95.9 Å². The minimum absolute atomic E-state index is 0.0861. The molecular weight excluding hydrogens is 368 g/mol. The van der Waals surface area contributed by atoms with E-state index in [2.05, 4.69) is 9.62 Å². The monoisotopic (exact) mass is 390 g/mol. The van der Waals surface area contributed by atoms with Crippen LogP contribution in [0.25, 0.3) is 0 Å². The van der Waals surface area contributed by atoms with Gasteiger partial charge in [-0.3, -0.25) is 4.72 Å². The molecular formula is C19H22N2O5S. The number of hydrogen-bond acceptors (Lipinski definition) is 5. The second-order valence-corrected chi connectivity index (χ2v) is 7.99. The molecule has 1 heterocycles. The zero-order valence-corrected chi connectivity index (χ0v) is 15.8. The standard InChI is InChI=1S/C19H22N2O5S/c1-26-17-10-9-14(19(22)23)13-18(17)27(24,25)20-15-7-3-4-8-16(15)21-11-5-2-6-12-21/h3-4,7-10,13,20H,2,5-6,11-12H2,1H3,(H,22,23). The highest BCUT2D eigenvalue weighted by Crippen LogP contribution is 2.32. The molecule has 0 radical (unpaired) electrons. The molecule has 2 aromatic rings. The number of methoxy groups -OCH3 is 1. The van der Waals surface area contributed by atoms with E-state index >= 15 is 0 Å². The third-order valence-electron chi connectivity index (χ3n) is 4.55. The summed E-state index contributed by atoms with van der Waals surface area (Å²) in [5, 5.41) is 9.18. The van der Waals surface area contributed by atoms with Gasteiger partial charge in [0.1, 0.15) is 10.6 Å². The molecule has 0 amide bonds. The molecule has 0 spiro atoms. The molecule has 1 aliphatic heterocycles. The van der Waals surface area contributed by atoms with E-state index in [0.29, 0.717) is 5.69 Å². The van der Waals surface area contributed by atoms with Crippen molar-refractivity contribution in [2.75, 3.05) is 29.8 Å². The molecule has 8 heteroatoms. The molecule has 3 rings (SSSR count). The van der Waals surface area contributed by atoms with Crippen molar-refractivity contribution in [3.05, 3.63) is 48.0 Å². The summed E-state index contributed by atoms with van der Waals surface area (Å²) in [6, 6.07) is 11.0. The van der Waals surface area contributed by atoms with E-state index in [0.717, 1.165) is 37.7 Å². The minimum Gasteiger partial charge on any atom is -0.495 e. The van der Waals surface area contributed by atoms with E-state index in [1.807, 2.05) is 12.1 Å². The molecule has 144 valence electrons. The number of rotatable bonds is 6. The lowest BCUT2D eigenvalue weighted by atomic mass is 10.1. The molecule has 0 bridgehead atoms. The molecule has 0 atom stereocenters. The van der Waals surface area contributed by atoms with Crippen LogP contribution in [0.4, 0.5) is 11.4 Å². The Morgan fingerprint density at radius 2 is 1.81 bits per heavy atom. The summed E-state index contributed by atoms with van der Waals surface area (Å²) >= 11 is 0. The molecule has 0 aliphatic carbocycles. The lowest BCUT2D eigenvalue weighted by Gasteiger charge is -2.30. The number of ether oxygens (including phenoxy) is 1. The highest BCUT2D eigenvalue weighted by molar-refractivity contribution is 7.92. The van der Waals surface area contributed by atoms with E-state index in [1.165, 1.54) is 25.7 Å². The van der Waals surface area contributed by atoms with Gasteiger partial charge < -0.3 is 14.7 Å². The average Bonchev–Trinajstić information content (AvgIpc) is 2.68. The number of para-hydroxylation sites is 2. The lowest BCUT2D eigenvalue weighted by Crippen LogP contribution is -2.30. The summed E-state index contributed by atoms with van der Waals surface area (Å²) in [4.78, 5) is 13.2. The van der Waals surface area contributed by atoms with Gasteiger partial charge in [0, 0.05) is 13.1 Å². The maximum atomic E-state index is 13.0. The number of nitrogens with one attached hydrogen (secondary N) is 1. The van der Waals surface area contributed by atoms with Crippen molar-refractivity contribution in [1.82, 2.24) is 0 Å². The molecule has 2 N–H and O–H groups in total. The van der Waals surface area contributed by atoms with Crippen LogP contribution in [0.15, 0.2) is 47.4 Å². The molecule has 2 aromatic carbocycles. The summed E-state index contributed by atoms with van der Waals surface area (Å²) in [5.41, 5.74) is 1.15. The van der Waals surface area contributed by atoms with Gasteiger partial charge in [-0.15, -0.1) is 0 Å². The number of carbonyl (C=O) groups is 1. The number of benzene rings is 2. The summed E-state index contributed by atoms with van der Waals surface area (Å²) in [7, 11) is -2.69. The van der Waals surface area contributed by atoms with E-state index < -0.39 is 16.0 Å². The molecule has 1 saturated heterocycles. The van der Waals surface area contributed by atoms with E-state index in [4.69, 9.17) is 4.74 Å². The smallest absolute Gasteiger partial charge is 0.335 e. The Morgan fingerprint density at radius 1 is 1.11 bits per heavy atom. The number of hydrogen-bond donors (Lipinski definition) is 2. The summed E-state index contributed by atoms with van der Waals surface area (Å²) < 4.78 is 33.7. The normalized spacial score (nSPS) is 14.6. The fourth-order valence-corrected chi connectivity index (χ4v) is 4.46. The molecule has 1 aliphatic rings. The zero-order chi connectivity index (χ0) is 19.4. The van der Waals surface area contributed by atoms with E-state index in [-0.39, 0.29) is 16.2 Å². The Labute approximate surface area is 158 Å². The number of carboxylic acid groups (broad SMARTS) is 1. The first-order valence-electron chi connectivity index (χ1n) is 8.70. The fourth-order valence-electron chi connectivity index (χ4n) is 3.19. The number of aromatic carboxylic acids is 1. The van der Waals surface area contributed by atoms with Crippen molar-refractivity contribution < 1.29 is 23.1 Å². The third-order valence-corrected chi connectivity index (χ3v) is 5.93. The van der Waals surface area contributed by atoms with Crippen LogP contribution in [-0.2, 0) is 10.0 Å². The average molecular weight is 390 g/mol. The van der Waals surface area contributed by atoms with Gasteiger partial charge in [-0.25, -0.2) is 13.2 Å².